The normalized spacial score (nSPS) is 12.3. The topological polar surface area (TPSA) is 64.0 Å². The van der Waals surface area contributed by atoms with E-state index in [-0.39, 0.29) is 9.90 Å². The van der Waals surface area contributed by atoms with E-state index in [1.165, 1.54) is 42.6 Å². The van der Waals surface area contributed by atoms with Crippen molar-refractivity contribution in [2.45, 2.75) is 10.4 Å². The van der Waals surface area contributed by atoms with Gasteiger partial charge in [0, 0.05) is 11.9 Å². The van der Waals surface area contributed by atoms with Gasteiger partial charge in [-0.1, -0.05) is 11.6 Å². The highest BCUT2D eigenvalue weighted by atomic mass is 35.5. The van der Waals surface area contributed by atoms with Gasteiger partial charge >= 0.3 is 6.18 Å². The van der Waals surface area contributed by atoms with Crippen LogP contribution < -0.4 is 4.72 Å². The minimum Gasteiger partial charge on any atom is -0.279 e. The van der Waals surface area contributed by atoms with Crippen LogP contribution in [0.4, 0.5) is 18.9 Å². The summed E-state index contributed by atoms with van der Waals surface area (Å²) in [5.41, 5.74) is -0.388. The molecule has 0 aliphatic carbocycles. The summed E-state index contributed by atoms with van der Waals surface area (Å²) in [6.45, 7) is 0. The second-order valence-electron chi connectivity index (χ2n) is 4.85. The molecule has 0 aliphatic heterocycles. The van der Waals surface area contributed by atoms with E-state index in [0.717, 1.165) is 22.1 Å². The summed E-state index contributed by atoms with van der Waals surface area (Å²) in [6.07, 6.45) is -3.35. The van der Waals surface area contributed by atoms with Crippen molar-refractivity contribution in [3.8, 4) is 5.69 Å². The van der Waals surface area contributed by atoms with Crippen LogP contribution in [0.15, 0.2) is 52.9 Å². The van der Waals surface area contributed by atoms with Crippen molar-refractivity contribution in [3.05, 3.63) is 58.7 Å². The number of hydrogen-bond donors (Lipinski definition) is 1. The molecule has 5 nitrogen and oxygen atoms in total. The van der Waals surface area contributed by atoms with Gasteiger partial charge in [0.05, 0.1) is 10.0 Å². The molecule has 2 aromatic heterocycles. The number of sulfonamides is 1. The molecule has 0 atom stereocenters. The zero-order valence-electron chi connectivity index (χ0n) is 12.2. The van der Waals surface area contributed by atoms with Crippen molar-refractivity contribution in [1.29, 1.82) is 0 Å². The fraction of sp³-hybridized carbons (Fsp3) is 0.0714. The molecule has 0 fully saturated rings. The van der Waals surface area contributed by atoms with Crippen molar-refractivity contribution in [2.24, 2.45) is 0 Å². The van der Waals surface area contributed by atoms with Crippen LogP contribution in [-0.4, -0.2) is 18.2 Å². The number of nitrogens with one attached hydrogen (secondary N) is 1. The molecular weight excluding hydrogens is 399 g/mol. The number of hydrogen-bond acceptors (Lipinski definition) is 4. The van der Waals surface area contributed by atoms with E-state index in [0.29, 0.717) is 10.0 Å². The van der Waals surface area contributed by atoms with Crippen LogP contribution in [0.1, 0.15) is 5.69 Å². The predicted molar refractivity (Wildman–Crippen MR) is 88.7 cm³/mol. The minimum absolute atomic E-state index is 0.0588. The smallest absolute Gasteiger partial charge is 0.279 e. The second kappa shape index (κ2) is 6.36. The monoisotopic (exact) mass is 407 g/mol. The molecule has 3 rings (SSSR count). The summed E-state index contributed by atoms with van der Waals surface area (Å²) in [7, 11) is -3.77. The van der Waals surface area contributed by atoms with Crippen LogP contribution in [0.25, 0.3) is 5.69 Å². The lowest BCUT2D eigenvalue weighted by Crippen LogP contribution is -2.11. The molecule has 0 spiro atoms. The van der Waals surface area contributed by atoms with E-state index in [4.69, 9.17) is 11.6 Å². The third-order valence-electron chi connectivity index (χ3n) is 3.08. The van der Waals surface area contributed by atoms with E-state index in [9.17, 15) is 21.6 Å². The molecule has 1 aromatic carbocycles. The highest BCUT2D eigenvalue weighted by molar-refractivity contribution is 7.94. The standard InChI is InChI=1S/C14H9ClF3N3O2S2/c15-12-5-6-13(24-12)25(22,23)20-9-1-3-10(4-2-9)21-8-7-11(19-21)14(16,17)18/h1-8,20H. The van der Waals surface area contributed by atoms with Gasteiger partial charge in [-0.2, -0.15) is 18.3 Å². The maximum atomic E-state index is 12.6. The van der Waals surface area contributed by atoms with Crippen LogP contribution in [-0.2, 0) is 16.2 Å². The summed E-state index contributed by atoms with van der Waals surface area (Å²) in [5, 5.41) is 3.45. The highest BCUT2D eigenvalue weighted by Gasteiger charge is 2.33. The van der Waals surface area contributed by atoms with E-state index in [1.807, 2.05) is 0 Å². The van der Waals surface area contributed by atoms with Crippen molar-refractivity contribution in [3.63, 3.8) is 0 Å². The molecule has 25 heavy (non-hydrogen) atoms. The van der Waals surface area contributed by atoms with Crippen molar-refractivity contribution in [2.75, 3.05) is 4.72 Å². The average Bonchev–Trinajstić information content (AvgIpc) is 3.16. The molecule has 132 valence electrons. The molecule has 2 heterocycles. The number of aromatic nitrogens is 2. The number of benzene rings is 1. The quantitative estimate of drug-likeness (QED) is 0.696. The first kappa shape index (κ1) is 17.8. The number of alkyl halides is 3. The molecule has 0 saturated heterocycles. The zero-order chi connectivity index (χ0) is 18.2. The van der Waals surface area contributed by atoms with Gasteiger partial charge in [-0.05, 0) is 42.5 Å². The largest absolute Gasteiger partial charge is 0.435 e. The van der Waals surface area contributed by atoms with Gasteiger partial charge < -0.3 is 0 Å². The first-order valence-corrected chi connectivity index (χ1v) is 9.34. The van der Waals surface area contributed by atoms with Crippen molar-refractivity contribution >= 4 is 38.6 Å². The molecule has 0 aliphatic rings. The predicted octanol–water partition coefficient (Wildman–Crippen LogP) is 4.41. The Balaban J connectivity index is 1.80. The van der Waals surface area contributed by atoms with Gasteiger partial charge in [0.2, 0.25) is 0 Å². The highest BCUT2D eigenvalue weighted by Crippen LogP contribution is 2.29. The number of rotatable bonds is 4. The maximum absolute atomic E-state index is 12.6. The molecule has 11 heteroatoms. The Morgan fingerprint density at radius 1 is 1.08 bits per heavy atom. The lowest BCUT2D eigenvalue weighted by Gasteiger charge is -2.08. The van der Waals surface area contributed by atoms with Gasteiger partial charge in [-0.25, -0.2) is 13.1 Å². The SMILES string of the molecule is O=S(=O)(Nc1ccc(-n2ccc(C(F)(F)F)n2)cc1)c1ccc(Cl)s1. The van der Waals surface area contributed by atoms with Gasteiger partial charge in [-0.15, -0.1) is 11.3 Å². The lowest BCUT2D eigenvalue weighted by atomic mass is 10.3. The first-order chi connectivity index (χ1) is 11.6. The lowest BCUT2D eigenvalue weighted by molar-refractivity contribution is -0.141. The Kier molecular flexibility index (Phi) is 4.52. The molecule has 0 amide bonds. The van der Waals surface area contributed by atoms with E-state index in [2.05, 4.69) is 9.82 Å². The van der Waals surface area contributed by atoms with Crippen LogP contribution >= 0.6 is 22.9 Å². The van der Waals surface area contributed by atoms with Gasteiger partial charge in [-0.3, -0.25) is 4.72 Å². The number of thiophene rings is 1. The summed E-state index contributed by atoms with van der Waals surface area (Å²) < 4.78 is 65.9. The van der Waals surface area contributed by atoms with Gasteiger partial charge in [0.15, 0.2) is 5.69 Å². The molecule has 3 aromatic rings. The Morgan fingerprint density at radius 2 is 1.76 bits per heavy atom. The Morgan fingerprint density at radius 3 is 2.28 bits per heavy atom. The summed E-state index contributed by atoms with van der Waals surface area (Å²) in [4.78, 5) is 0. The fourth-order valence-corrected chi connectivity index (χ4v) is 4.49. The summed E-state index contributed by atoms with van der Waals surface area (Å²) in [6, 6.07) is 9.47. The number of nitrogens with zero attached hydrogens (tertiary/aromatic N) is 2. The van der Waals surface area contributed by atoms with E-state index < -0.39 is 21.9 Å². The molecular formula is C14H9ClF3N3O2S2. The summed E-state index contributed by atoms with van der Waals surface area (Å²) in [5.74, 6) is 0. The van der Waals surface area contributed by atoms with Gasteiger partial charge in [0.25, 0.3) is 10.0 Å². The van der Waals surface area contributed by atoms with Crippen molar-refractivity contribution in [1.82, 2.24) is 9.78 Å². The Hall–Kier alpha value is -2.04. The Labute approximate surface area is 149 Å². The van der Waals surface area contributed by atoms with Crippen molar-refractivity contribution < 1.29 is 21.6 Å². The molecule has 0 saturated carbocycles. The van der Waals surface area contributed by atoms with Gasteiger partial charge in [0.1, 0.15) is 4.21 Å². The van der Waals surface area contributed by atoms with E-state index >= 15 is 0 Å². The molecule has 0 bridgehead atoms. The molecule has 1 N–H and O–H groups in total. The minimum atomic E-state index is -4.52. The molecule has 0 radical (unpaired) electrons. The average molecular weight is 408 g/mol. The fourth-order valence-electron chi connectivity index (χ4n) is 1.95. The van der Waals surface area contributed by atoms with E-state index in [1.54, 1.807) is 0 Å². The maximum Gasteiger partial charge on any atom is 0.435 e. The van der Waals surface area contributed by atoms with Crippen LogP contribution in [0, 0.1) is 0 Å². The third-order valence-corrected chi connectivity index (χ3v) is 6.18. The van der Waals surface area contributed by atoms with Crippen LogP contribution in [0.3, 0.4) is 0 Å². The van der Waals surface area contributed by atoms with Crippen LogP contribution in [0.5, 0.6) is 0 Å². The zero-order valence-corrected chi connectivity index (χ0v) is 14.5. The number of anilines is 1. The number of halogens is 4. The second-order valence-corrected chi connectivity index (χ2v) is 8.48. The van der Waals surface area contributed by atoms with Crippen LogP contribution in [0.2, 0.25) is 4.34 Å². The summed E-state index contributed by atoms with van der Waals surface area (Å²) >= 11 is 6.64. The first-order valence-electron chi connectivity index (χ1n) is 6.67. The Bertz CT molecular complexity index is 995. The third kappa shape index (κ3) is 3.97. The molecule has 0 unspecified atom stereocenters.